The van der Waals surface area contributed by atoms with Crippen LogP contribution in [-0.4, -0.2) is 47.3 Å². The van der Waals surface area contributed by atoms with E-state index < -0.39 is 0 Å². The minimum absolute atomic E-state index is 0.0146. The first-order chi connectivity index (χ1) is 7.72. The van der Waals surface area contributed by atoms with Gasteiger partial charge in [0.1, 0.15) is 6.10 Å². The summed E-state index contributed by atoms with van der Waals surface area (Å²) in [6.45, 7) is 2.86. The number of carbonyl (C=O) groups is 1. The molecule has 0 aromatic rings. The number of rotatable bonds is 2. The summed E-state index contributed by atoms with van der Waals surface area (Å²) in [5.74, 6) is 0.0862. The van der Waals surface area contributed by atoms with Gasteiger partial charge in [0.2, 0.25) is 0 Å². The highest BCUT2D eigenvalue weighted by molar-refractivity contribution is 5.81. The lowest BCUT2D eigenvalue weighted by molar-refractivity contribution is -0.147. The van der Waals surface area contributed by atoms with Crippen molar-refractivity contribution in [3.63, 3.8) is 0 Å². The van der Waals surface area contributed by atoms with E-state index in [4.69, 9.17) is 4.74 Å². The van der Waals surface area contributed by atoms with Crippen molar-refractivity contribution in [2.75, 3.05) is 13.2 Å². The summed E-state index contributed by atoms with van der Waals surface area (Å²) in [6, 6.07) is 0.0146. The number of carbonyl (C=O) groups excluding carboxylic acids is 1. The van der Waals surface area contributed by atoms with Gasteiger partial charge in [0.05, 0.1) is 18.8 Å². The fraction of sp³-hybridized carbons (Fsp3) is 0.917. The quantitative estimate of drug-likeness (QED) is 0.763. The number of aliphatic hydroxyl groups excluding tert-OH is 1. The molecule has 2 fully saturated rings. The van der Waals surface area contributed by atoms with E-state index in [0.29, 0.717) is 0 Å². The molecule has 0 saturated carbocycles. The summed E-state index contributed by atoms with van der Waals surface area (Å²) >= 11 is 0. The predicted molar refractivity (Wildman–Crippen MR) is 60.0 cm³/mol. The fourth-order valence-electron chi connectivity index (χ4n) is 2.65. The number of hydrogen-bond acceptors (Lipinski definition) is 3. The van der Waals surface area contributed by atoms with Gasteiger partial charge in [-0.25, -0.2) is 0 Å². The van der Waals surface area contributed by atoms with Gasteiger partial charge in [0.25, 0.3) is 5.91 Å². The van der Waals surface area contributed by atoms with E-state index in [2.05, 4.69) is 0 Å². The number of ether oxygens (including phenoxy) is 1. The Labute approximate surface area is 96.6 Å². The van der Waals surface area contributed by atoms with Crippen molar-refractivity contribution < 1.29 is 14.6 Å². The number of nitrogens with zero attached hydrogens (tertiary/aromatic N) is 1. The molecule has 2 aliphatic rings. The van der Waals surface area contributed by atoms with Gasteiger partial charge in [0.15, 0.2) is 0 Å². The highest BCUT2D eigenvalue weighted by Gasteiger charge is 2.35. The molecule has 2 rings (SSSR count). The third-order valence-corrected chi connectivity index (χ3v) is 3.63. The number of likely N-dealkylation sites (tertiary alicyclic amines) is 1. The Kier molecular flexibility index (Phi) is 3.82. The summed E-state index contributed by atoms with van der Waals surface area (Å²) in [4.78, 5) is 14.0. The second-order valence-corrected chi connectivity index (χ2v) is 4.88. The molecule has 92 valence electrons. The van der Waals surface area contributed by atoms with E-state index in [1.807, 2.05) is 11.8 Å². The average Bonchev–Trinajstić information content (AvgIpc) is 2.75. The van der Waals surface area contributed by atoms with E-state index in [9.17, 15) is 9.90 Å². The van der Waals surface area contributed by atoms with Crippen LogP contribution in [0.4, 0.5) is 0 Å². The molecular formula is C12H21NO3. The van der Waals surface area contributed by atoms with E-state index in [1.165, 1.54) is 0 Å². The van der Waals surface area contributed by atoms with Crippen molar-refractivity contribution in [3.8, 4) is 0 Å². The van der Waals surface area contributed by atoms with Gasteiger partial charge in [-0.1, -0.05) is 0 Å². The SMILES string of the molecule is CC1CCC(C(=O)N2CCCCC2CO)O1. The fourth-order valence-corrected chi connectivity index (χ4v) is 2.65. The van der Waals surface area contributed by atoms with Gasteiger partial charge in [-0.05, 0) is 39.0 Å². The molecule has 3 unspecified atom stereocenters. The molecule has 0 radical (unpaired) electrons. The monoisotopic (exact) mass is 227 g/mol. The maximum atomic E-state index is 12.2. The van der Waals surface area contributed by atoms with E-state index in [1.54, 1.807) is 0 Å². The largest absolute Gasteiger partial charge is 0.394 e. The summed E-state index contributed by atoms with van der Waals surface area (Å²) < 4.78 is 5.60. The van der Waals surface area contributed by atoms with Crippen molar-refractivity contribution in [1.82, 2.24) is 4.90 Å². The van der Waals surface area contributed by atoms with Crippen LogP contribution in [-0.2, 0) is 9.53 Å². The molecule has 4 nitrogen and oxygen atoms in total. The molecule has 0 aromatic carbocycles. The molecule has 16 heavy (non-hydrogen) atoms. The van der Waals surface area contributed by atoms with E-state index >= 15 is 0 Å². The Morgan fingerprint density at radius 3 is 2.81 bits per heavy atom. The first-order valence-corrected chi connectivity index (χ1v) is 6.29. The number of hydrogen-bond donors (Lipinski definition) is 1. The van der Waals surface area contributed by atoms with Crippen LogP contribution in [0.5, 0.6) is 0 Å². The van der Waals surface area contributed by atoms with E-state index in [0.717, 1.165) is 38.6 Å². The lowest BCUT2D eigenvalue weighted by Crippen LogP contribution is -2.49. The van der Waals surface area contributed by atoms with Gasteiger partial charge in [-0.2, -0.15) is 0 Å². The zero-order valence-electron chi connectivity index (χ0n) is 9.89. The zero-order chi connectivity index (χ0) is 11.5. The molecule has 4 heteroatoms. The highest BCUT2D eigenvalue weighted by Crippen LogP contribution is 2.24. The second-order valence-electron chi connectivity index (χ2n) is 4.88. The molecule has 2 aliphatic heterocycles. The standard InChI is InChI=1S/C12H21NO3/c1-9-5-6-11(16-9)12(15)13-7-3-2-4-10(13)8-14/h9-11,14H,2-8H2,1H3. The molecule has 2 heterocycles. The van der Waals surface area contributed by atoms with Crippen LogP contribution in [0.2, 0.25) is 0 Å². The zero-order valence-corrected chi connectivity index (χ0v) is 9.89. The number of amides is 1. The topological polar surface area (TPSA) is 49.8 Å². The average molecular weight is 227 g/mol. The van der Waals surface area contributed by atoms with Gasteiger partial charge in [-0.15, -0.1) is 0 Å². The number of piperidine rings is 1. The van der Waals surface area contributed by atoms with Gasteiger partial charge >= 0.3 is 0 Å². The summed E-state index contributed by atoms with van der Waals surface area (Å²) in [7, 11) is 0. The highest BCUT2D eigenvalue weighted by atomic mass is 16.5. The molecule has 1 amide bonds. The minimum Gasteiger partial charge on any atom is -0.394 e. The predicted octanol–water partition coefficient (Wildman–Crippen LogP) is 0.927. The van der Waals surface area contributed by atoms with Crippen molar-refractivity contribution in [1.29, 1.82) is 0 Å². The van der Waals surface area contributed by atoms with Gasteiger partial charge < -0.3 is 14.7 Å². The molecule has 2 saturated heterocycles. The summed E-state index contributed by atoms with van der Waals surface area (Å²) in [5.41, 5.74) is 0. The van der Waals surface area contributed by atoms with Crippen LogP contribution in [0.3, 0.4) is 0 Å². The van der Waals surface area contributed by atoms with Gasteiger partial charge in [0, 0.05) is 6.54 Å². The normalized spacial score (nSPS) is 35.4. The maximum Gasteiger partial charge on any atom is 0.252 e. The summed E-state index contributed by atoms with van der Waals surface area (Å²) in [6.07, 6.45) is 4.81. The molecule has 0 bridgehead atoms. The smallest absolute Gasteiger partial charge is 0.252 e. The lowest BCUT2D eigenvalue weighted by atomic mass is 10.0. The van der Waals surface area contributed by atoms with Crippen LogP contribution in [0, 0.1) is 0 Å². The Bertz CT molecular complexity index is 257. The van der Waals surface area contributed by atoms with Crippen molar-refractivity contribution >= 4 is 5.91 Å². The lowest BCUT2D eigenvalue weighted by Gasteiger charge is -2.36. The van der Waals surface area contributed by atoms with Crippen LogP contribution < -0.4 is 0 Å². The Morgan fingerprint density at radius 2 is 2.19 bits per heavy atom. The number of aliphatic hydroxyl groups is 1. The Morgan fingerprint density at radius 1 is 1.38 bits per heavy atom. The third-order valence-electron chi connectivity index (χ3n) is 3.63. The second kappa shape index (κ2) is 5.15. The van der Waals surface area contributed by atoms with Crippen LogP contribution in [0.25, 0.3) is 0 Å². The van der Waals surface area contributed by atoms with Gasteiger partial charge in [-0.3, -0.25) is 4.79 Å². The van der Waals surface area contributed by atoms with Crippen molar-refractivity contribution in [2.45, 2.75) is 57.3 Å². The first-order valence-electron chi connectivity index (χ1n) is 6.29. The summed E-state index contributed by atoms with van der Waals surface area (Å²) in [5, 5.41) is 9.27. The van der Waals surface area contributed by atoms with Crippen LogP contribution in [0.15, 0.2) is 0 Å². The Hall–Kier alpha value is -0.610. The third kappa shape index (κ3) is 2.38. The molecule has 1 N–H and O–H groups in total. The molecule has 0 spiro atoms. The molecule has 0 aromatic heterocycles. The first kappa shape index (κ1) is 11.9. The van der Waals surface area contributed by atoms with E-state index in [-0.39, 0.29) is 30.8 Å². The molecular weight excluding hydrogens is 206 g/mol. The van der Waals surface area contributed by atoms with Crippen molar-refractivity contribution in [3.05, 3.63) is 0 Å². The minimum atomic E-state index is -0.262. The van der Waals surface area contributed by atoms with Crippen LogP contribution >= 0.6 is 0 Å². The van der Waals surface area contributed by atoms with Crippen LogP contribution in [0.1, 0.15) is 39.0 Å². The maximum absolute atomic E-state index is 12.2. The van der Waals surface area contributed by atoms with Crippen molar-refractivity contribution in [2.24, 2.45) is 0 Å². The molecule has 3 atom stereocenters. The molecule has 0 aliphatic carbocycles. The Balaban J connectivity index is 1.96.